The average Bonchev–Trinajstić information content (AvgIpc) is 2.19. The predicted octanol–water partition coefficient (Wildman–Crippen LogP) is 2.56. The van der Waals surface area contributed by atoms with Crippen molar-refractivity contribution in [3.05, 3.63) is 11.6 Å². The molecule has 0 heterocycles. The quantitative estimate of drug-likeness (QED) is 0.781. The van der Waals surface area contributed by atoms with Crippen molar-refractivity contribution in [1.29, 1.82) is 0 Å². The van der Waals surface area contributed by atoms with Crippen LogP contribution < -0.4 is 0 Å². The Balaban J connectivity index is 2.12. The Labute approximate surface area is 95.5 Å². The Morgan fingerprint density at radius 1 is 1.56 bits per heavy atom. The topological polar surface area (TPSA) is 54.4 Å². The minimum atomic E-state index is -0.726. The lowest BCUT2D eigenvalue weighted by atomic mass is 9.63. The summed E-state index contributed by atoms with van der Waals surface area (Å²) < 4.78 is 0. The molecule has 2 unspecified atom stereocenters. The summed E-state index contributed by atoms with van der Waals surface area (Å²) in [6, 6.07) is 0. The van der Waals surface area contributed by atoms with E-state index < -0.39 is 5.97 Å². The van der Waals surface area contributed by atoms with Gasteiger partial charge >= 0.3 is 5.97 Å². The number of aliphatic carboxylic acids is 1. The standard InChI is InChI=1S/C13H18O3/c1-13-4-2-9(7-12(15)16)6-10(13)8-11(14)3-5-13/h8-9H,2-7H2,1H3,(H,15,16). The van der Waals surface area contributed by atoms with Gasteiger partial charge in [-0.05, 0) is 43.1 Å². The molecule has 2 rings (SSSR count). The SMILES string of the molecule is CC12CCC(=O)C=C1CC(CC(=O)O)CC2. The summed E-state index contributed by atoms with van der Waals surface area (Å²) in [5.41, 5.74) is 1.37. The summed E-state index contributed by atoms with van der Waals surface area (Å²) in [6.07, 6.45) is 6.42. The first-order valence-corrected chi connectivity index (χ1v) is 5.95. The van der Waals surface area contributed by atoms with E-state index in [2.05, 4.69) is 6.92 Å². The molecule has 1 N–H and O–H groups in total. The van der Waals surface area contributed by atoms with Crippen molar-refractivity contribution in [2.75, 3.05) is 0 Å². The van der Waals surface area contributed by atoms with Crippen LogP contribution in [0, 0.1) is 11.3 Å². The molecule has 1 fully saturated rings. The van der Waals surface area contributed by atoms with Crippen molar-refractivity contribution in [1.82, 2.24) is 0 Å². The van der Waals surface area contributed by atoms with Gasteiger partial charge in [-0.3, -0.25) is 9.59 Å². The van der Waals surface area contributed by atoms with Gasteiger partial charge in [0.1, 0.15) is 0 Å². The monoisotopic (exact) mass is 222 g/mol. The van der Waals surface area contributed by atoms with Gasteiger partial charge in [0.25, 0.3) is 0 Å². The molecule has 3 heteroatoms. The van der Waals surface area contributed by atoms with Gasteiger partial charge in [0.15, 0.2) is 5.78 Å². The van der Waals surface area contributed by atoms with Crippen molar-refractivity contribution >= 4 is 11.8 Å². The molecule has 0 spiro atoms. The highest BCUT2D eigenvalue weighted by Gasteiger charge is 2.38. The number of carbonyl (C=O) groups is 2. The predicted molar refractivity (Wildman–Crippen MR) is 60.0 cm³/mol. The van der Waals surface area contributed by atoms with Gasteiger partial charge in [-0.1, -0.05) is 12.5 Å². The lowest BCUT2D eigenvalue weighted by Crippen LogP contribution is -2.32. The average molecular weight is 222 g/mol. The number of hydrogen-bond acceptors (Lipinski definition) is 2. The van der Waals surface area contributed by atoms with Gasteiger partial charge < -0.3 is 5.11 Å². The van der Waals surface area contributed by atoms with Gasteiger partial charge in [-0.2, -0.15) is 0 Å². The van der Waals surface area contributed by atoms with Gasteiger partial charge in [0.05, 0.1) is 0 Å². The van der Waals surface area contributed by atoms with Crippen molar-refractivity contribution < 1.29 is 14.7 Å². The zero-order valence-electron chi connectivity index (χ0n) is 9.66. The number of carboxylic acids is 1. The maximum Gasteiger partial charge on any atom is 0.303 e. The third kappa shape index (κ3) is 2.18. The fourth-order valence-electron chi connectivity index (χ4n) is 2.95. The summed E-state index contributed by atoms with van der Waals surface area (Å²) in [4.78, 5) is 22.1. The fourth-order valence-corrected chi connectivity index (χ4v) is 2.95. The molecular weight excluding hydrogens is 204 g/mol. The Morgan fingerprint density at radius 3 is 3.00 bits per heavy atom. The second-order valence-electron chi connectivity index (χ2n) is 5.40. The Morgan fingerprint density at radius 2 is 2.31 bits per heavy atom. The van der Waals surface area contributed by atoms with Crippen molar-refractivity contribution in [3.8, 4) is 0 Å². The molecule has 88 valence electrons. The van der Waals surface area contributed by atoms with Crippen molar-refractivity contribution in [3.63, 3.8) is 0 Å². The Bertz CT molecular complexity index is 356. The van der Waals surface area contributed by atoms with Crippen LogP contribution in [-0.4, -0.2) is 16.9 Å². The fraction of sp³-hybridized carbons (Fsp3) is 0.692. The zero-order valence-corrected chi connectivity index (χ0v) is 9.66. The summed E-state index contributed by atoms with van der Waals surface area (Å²) in [7, 11) is 0. The first kappa shape index (κ1) is 11.4. The number of carboxylic acid groups (broad SMARTS) is 1. The molecule has 0 aliphatic heterocycles. The third-order valence-electron chi connectivity index (χ3n) is 4.11. The van der Waals surface area contributed by atoms with Gasteiger partial charge in [0.2, 0.25) is 0 Å². The van der Waals surface area contributed by atoms with Gasteiger partial charge in [-0.15, -0.1) is 0 Å². The minimum Gasteiger partial charge on any atom is -0.481 e. The number of carbonyl (C=O) groups excluding carboxylic acids is 1. The van der Waals surface area contributed by atoms with Crippen LogP contribution in [0.5, 0.6) is 0 Å². The molecule has 0 amide bonds. The number of allylic oxidation sites excluding steroid dienone is 2. The molecule has 0 bridgehead atoms. The van der Waals surface area contributed by atoms with Crippen molar-refractivity contribution in [2.45, 2.75) is 45.4 Å². The first-order chi connectivity index (χ1) is 7.49. The van der Waals surface area contributed by atoms with Crippen LogP contribution in [0.4, 0.5) is 0 Å². The van der Waals surface area contributed by atoms with E-state index in [1.807, 2.05) is 0 Å². The first-order valence-electron chi connectivity index (χ1n) is 5.95. The number of hydrogen-bond donors (Lipinski definition) is 1. The second kappa shape index (κ2) is 4.04. The molecule has 3 nitrogen and oxygen atoms in total. The highest BCUT2D eigenvalue weighted by atomic mass is 16.4. The van der Waals surface area contributed by atoms with E-state index in [4.69, 9.17) is 5.11 Å². The van der Waals surface area contributed by atoms with Crippen LogP contribution in [0.1, 0.15) is 45.4 Å². The second-order valence-corrected chi connectivity index (χ2v) is 5.40. The number of ketones is 1. The van der Waals surface area contributed by atoms with Crippen molar-refractivity contribution in [2.24, 2.45) is 11.3 Å². The molecule has 1 saturated carbocycles. The molecule has 2 aliphatic rings. The normalized spacial score (nSPS) is 34.2. The highest BCUT2D eigenvalue weighted by molar-refractivity contribution is 5.91. The van der Waals surface area contributed by atoms with Gasteiger partial charge in [0, 0.05) is 12.8 Å². The van der Waals surface area contributed by atoms with E-state index in [0.29, 0.717) is 6.42 Å². The van der Waals surface area contributed by atoms with Crippen LogP contribution in [-0.2, 0) is 9.59 Å². The Hall–Kier alpha value is -1.12. The largest absolute Gasteiger partial charge is 0.481 e. The van der Waals surface area contributed by atoms with E-state index >= 15 is 0 Å². The molecule has 2 aliphatic carbocycles. The molecule has 0 saturated heterocycles. The smallest absolute Gasteiger partial charge is 0.303 e. The maximum absolute atomic E-state index is 11.4. The minimum absolute atomic E-state index is 0.170. The molecule has 0 aromatic carbocycles. The highest BCUT2D eigenvalue weighted by Crippen LogP contribution is 2.48. The lowest BCUT2D eigenvalue weighted by Gasteiger charge is -2.41. The maximum atomic E-state index is 11.4. The molecule has 0 aromatic heterocycles. The van der Waals surface area contributed by atoms with E-state index in [1.165, 1.54) is 5.57 Å². The summed E-state index contributed by atoms with van der Waals surface area (Å²) >= 11 is 0. The Kier molecular flexibility index (Phi) is 2.87. The summed E-state index contributed by atoms with van der Waals surface area (Å²) in [5, 5.41) is 8.79. The van der Waals surface area contributed by atoms with Crippen LogP contribution in [0.2, 0.25) is 0 Å². The molecule has 2 atom stereocenters. The van der Waals surface area contributed by atoms with Crippen LogP contribution in [0.15, 0.2) is 11.6 Å². The van der Waals surface area contributed by atoms with Crippen LogP contribution in [0.25, 0.3) is 0 Å². The summed E-state index contributed by atoms with van der Waals surface area (Å²) in [6.45, 7) is 2.21. The molecule has 0 radical (unpaired) electrons. The molecule has 0 aromatic rings. The number of rotatable bonds is 2. The molecule has 16 heavy (non-hydrogen) atoms. The third-order valence-corrected chi connectivity index (χ3v) is 4.11. The zero-order chi connectivity index (χ0) is 11.8. The molecular formula is C13H18O3. The van der Waals surface area contributed by atoms with Crippen LogP contribution >= 0.6 is 0 Å². The van der Waals surface area contributed by atoms with Crippen LogP contribution in [0.3, 0.4) is 0 Å². The van der Waals surface area contributed by atoms with E-state index in [0.717, 1.165) is 25.7 Å². The van der Waals surface area contributed by atoms with Gasteiger partial charge in [-0.25, -0.2) is 0 Å². The van der Waals surface area contributed by atoms with E-state index in [-0.39, 0.29) is 23.5 Å². The lowest BCUT2D eigenvalue weighted by molar-refractivity contribution is -0.138. The van der Waals surface area contributed by atoms with E-state index in [1.54, 1.807) is 6.08 Å². The summed E-state index contributed by atoms with van der Waals surface area (Å²) in [5.74, 6) is -0.289. The number of fused-ring (bicyclic) bond motifs is 1. The van der Waals surface area contributed by atoms with E-state index in [9.17, 15) is 9.59 Å².